The predicted molar refractivity (Wildman–Crippen MR) is 138 cm³/mol. The SMILES string of the molecule is CCOc1cccc(C=NC[C@@H](C)N=Cc2cccc(OCC)c2[O-])c1[O-].O.O=[N+]([O-])[O-].O=[N+]([O-])[O-].O=[N+]([O-])[O-].[Cu+2].[Sm+3]. The van der Waals surface area contributed by atoms with Crippen molar-refractivity contribution in [3.63, 3.8) is 0 Å². The van der Waals surface area contributed by atoms with Gasteiger partial charge in [-0.2, -0.15) is 0 Å². The van der Waals surface area contributed by atoms with Crippen molar-refractivity contribution in [2.75, 3.05) is 19.8 Å². The number of nitrogens with zero attached hydrogens (tertiary/aromatic N) is 5. The molecule has 0 unspecified atom stereocenters. The van der Waals surface area contributed by atoms with E-state index in [9.17, 15) is 10.2 Å². The molecule has 2 N–H and O–H groups in total. The van der Waals surface area contributed by atoms with Gasteiger partial charge in [-0.15, -0.1) is 0 Å². The van der Waals surface area contributed by atoms with E-state index in [2.05, 4.69) is 9.98 Å². The van der Waals surface area contributed by atoms with Crippen molar-refractivity contribution in [2.24, 2.45) is 9.98 Å². The predicted octanol–water partition coefficient (Wildman–Crippen LogP) is 1.01. The average molecular weight is 786 g/mol. The Bertz CT molecular complexity index is 1070. The van der Waals surface area contributed by atoms with Crippen molar-refractivity contribution in [2.45, 2.75) is 26.8 Å². The normalized spacial score (nSPS) is 9.79. The number of hydrogen-bond acceptors (Lipinski definition) is 15. The second-order valence-electron chi connectivity index (χ2n) is 6.51. The first-order valence-electron chi connectivity index (χ1n) is 10.6. The summed E-state index contributed by atoms with van der Waals surface area (Å²) in [6, 6.07) is 10.1. The van der Waals surface area contributed by atoms with Gasteiger partial charge in [0, 0.05) is 12.4 Å². The van der Waals surface area contributed by atoms with E-state index in [0.717, 1.165) is 0 Å². The average Bonchev–Trinajstić information content (AvgIpc) is 2.81. The first-order valence-corrected chi connectivity index (χ1v) is 10.6. The number of rotatable bonds is 9. The largest absolute Gasteiger partial charge is 3.00 e. The molecule has 0 saturated carbocycles. The van der Waals surface area contributed by atoms with Gasteiger partial charge < -0.3 is 71.1 Å². The first-order chi connectivity index (χ1) is 18.3. The molecule has 2 rings (SSSR count). The zero-order valence-corrected chi connectivity index (χ0v) is 25.6. The van der Waals surface area contributed by atoms with Gasteiger partial charge in [-0.3, -0.25) is 9.98 Å². The van der Waals surface area contributed by atoms with Gasteiger partial charge in [-0.05, 0) is 44.0 Å². The third-order valence-electron chi connectivity index (χ3n) is 3.69. The second kappa shape index (κ2) is 28.9. The van der Waals surface area contributed by atoms with Crippen LogP contribution in [0.25, 0.3) is 0 Å². The van der Waals surface area contributed by atoms with Crippen LogP contribution in [0.3, 0.4) is 0 Å². The Kier molecular flexibility index (Phi) is 33.1. The van der Waals surface area contributed by atoms with E-state index < -0.39 is 15.3 Å². The number of hydrogen-bond donors (Lipinski definition) is 0. The van der Waals surface area contributed by atoms with E-state index >= 15 is 0 Å². The fraction of sp³-hybridized carbons (Fsp3) is 0.333. The van der Waals surface area contributed by atoms with Gasteiger partial charge >= 0.3 is 57.5 Å². The molecule has 42 heavy (non-hydrogen) atoms. The minimum absolute atomic E-state index is 0. The van der Waals surface area contributed by atoms with Crippen LogP contribution in [0.4, 0.5) is 0 Å². The molecule has 0 fully saturated rings. The Morgan fingerprint density at radius 3 is 1.43 bits per heavy atom. The van der Waals surface area contributed by atoms with Gasteiger partial charge in [-0.1, -0.05) is 35.8 Å². The summed E-state index contributed by atoms with van der Waals surface area (Å²) < 4.78 is 10.6. The van der Waals surface area contributed by atoms with E-state index in [1.807, 2.05) is 20.8 Å². The minimum Gasteiger partial charge on any atom is -0.870 e. The molecule has 0 spiro atoms. The van der Waals surface area contributed by atoms with Gasteiger partial charge in [-0.25, -0.2) is 0 Å². The standard InChI is InChI=1S/C21H26N2O4.Cu.3NO3.H2O.Sm/c1-4-26-18-10-6-8-16(20(18)24)13-22-12-15(3)23-14-17-9-7-11-19(21(17)25)27-5-2;;3*2-1(3)4;;/h6-11,13-15,24-25H,4-5,12H2,1-3H3;;;;;1H2;/q;+2;3*-1;;+3/p-2/t15-;;;;;;/m1....../s1. The van der Waals surface area contributed by atoms with E-state index in [0.29, 0.717) is 42.4 Å². The quantitative estimate of drug-likeness (QED) is 0.148. The molecular formula is C21H26CuN5O14Sm. The summed E-state index contributed by atoms with van der Waals surface area (Å²) in [5, 5.41) is 68.6. The van der Waals surface area contributed by atoms with Gasteiger partial charge in [0.15, 0.2) is 0 Å². The molecule has 0 bridgehead atoms. The molecule has 21 heteroatoms. The smallest absolute Gasteiger partial charge is 0.870 e. The van der Waals surface area contributed by atoms with Crippen LogP contribution in [0.5, 0.6) is 23.0 Å². The van der Waals surface area contributed by atoms with E-state index in [4.69, 9.17) is 55.4 Å². The summed E-state index contributed by atoms with van der Waals surface area (Å²) in [5.41, 5.74) is 0.950. The van der Waals surface area contributed by atoms with Crippen LogP contribution in [0, 0.1) is 86.4 Å². The summed E-state index contributed by atoms with van der Waals surface area (Å²) in [5.74, 6) is 0.291. The van der Waals surface area contributed by atoms with Gasteiger partial charge in [0.1, 0.15) is 11.5 Å². The second-order valence-corrected chi connectivity index (χ2v) is 6.51. The van der Waals surface area contributed by atoms with Crippen molar-refractivity contribution in [3.05, 3.63) is 93.5 Å². The number of para-hydroxylation sites is 2. The van der Waals surface area contributed by atoms with Crippen molar-refractivity contribution < 1.29 is 97.9 Å². The zero-order chi connectivity index (χ0) is 30.4. The Morgan fingerprint density at radius 1 is 0.762 bits per heavy atom. The van der Waals surface area contributed by atoms with Gasteiger partial charge in [0.25, 0.3) is 0 Å². The summed E-state index contributed by atoms with van der Waals surface area (Å²) in [7, 11) is 0. The molecule has 1 atom stereocenters. The molecule has 236 valence electrons. The Balaban J connectivity index is -0.000000259. The zero-order valence-electron chi connectivity index (χ0n) is 22.1. The van der Waals surface area contributed by atoms with Crippen LogP contribution in [0.1, 0.15) is 31.9 Å². The van der Waals surface area contributed by atoms with Crippen LogP contribution < -0.4 is 19.7 Å². The molecule has 2 aromatic carbocycles. The molecule has 0 aliphatic carbocycles. The maximum absolute atomic E-state index is 12.2. The molecule has 0 aliphatic heterocycles. The maximum atomic E-state index is 12.2. The van der Waals surface area contributed by atoms with Crippen LogP contribution >= 0.6 is 0 Å². The maximum Gasteiger partial charge on any atom is 3.00 e. The minimum atomic E-state index is -1.75. The molecule has 0 saturated heterocycles. The van der Waals surface area contributed by atoms with Crippen molar-refractivity contribution in [3.8, 4) is 23.0 Å². The van der Waals surface area contributed by atoms with Crippen LogP contribution in [0.2, 0.25) is 0 Å². The number of benzene rings is 2. The Labute approximate surface area is 281 Å². The summed E-state index contributed by atoms with van der Waals surface area (Å²) in [6.07, 6.45) is 3.07. The van der Waals surface area contributed by atoms with Gasteiger partial charge in [0.05, 0.1) is 41.1 Å². The molecule has 2 aromatic rings. The van der Waals surface area contributed by atoms with Crippen LogP contribution in [-0.4, -0.2) is 59.0 Å². The molecule has 0 aliphatic rings. The first kappa shape index (κ1) is 48.1. The molecule has 2 radical (unpaired) electrons. The fourth-order valence-corrected chi connectivity index (χ4v) is 2.37. The summed E-state index contributed by atoms with van der Waals surface area (Å²) >= 11 is 0. The van der Waals surface area contributed by atoms with E-state index in [1.54, 1.807) is 42.6 Å². The molecule has 19 nitrogen and oxygen atoms in total. The Morgan fingerprint density at radius 2 is 1.10 bits per heavy atom. The summed E-state index contributed by atoms with van der Waals surface area (Å²) in [6.45, 7) is 6.82. The van der Waals surface area contributed by atoms with Crippen molar-refractivity contribution >= 4 is 12.4 Å². The molecule has 0 heterocycles. The van der Waals surface area contributed by atoms with Crippen LogP contribution in [0.15, 0.2) is 46.4 Å². The Hall–Kier alpha value is -3.60. The van der Waals surface area contributed by atoms with Crippen LogP contribution in [-0.2, 0) is 17.1 Å². The monoisotopic (exact) mass is 787 g/mol. The third-order valence-corrected chi connectivity index (χ3v) is 3.69. The number of aliphatic imine (C=N–C) groups is 2. The molecular weight excluding hydrogens is 760 g/mol. The molecule has 0 amide bonds. The number of ether oxygens (including phenoxy) is 2. The van der Waals surface area contributed by atoms with E-state index in [1.165, 1.54) is 6.21 Å². The van der Waals surface area contributed by atoms with Crippen molar-refractivity contribution in [1.82, 2.24) is 0 Å². The van der Waals surface area contributed by atoms with E-state index in [-0.39, 0.29) is 80.5 Å². The molecule has 0 aromatic heterocycles. The summed E-state index contributed by atoms with van der Waals surface area (Å²) in [4.78, 5) is 33.4. The van der Waals surface area contributed by atoms with Crippen molar-refractivity contribution in [1.29, 1.82) is 0 Å². The fourth-order valence-electron chi connectivity index (χ4n) is 2.37. The topological polar surface area (TPSA) is 319 Å². The third kappa shape index (κ3) is 26.6. The van der Waals surface area contributed by atoms with Gasteiger partial charge in [0.2, 0.25) is 0 Å².